The van der Waals surface area contributed by atoms with E-state index in [1.54, 1.807) is 24.3 Å². The van der Waals surface area contributed by atoms with Crippen molar-refractivity contribution in [3.8, 4) is 0 Å². The molecule has 1 aliphatic heterocycles. The van der Waals surface area contributed by atoms with Crippen LogP contribution in [0.25, 0.3) is 16.0 Å². The van der Waals surface area contributed by atoms with E-state index in [1.165, 1.54) is 29.2 Å². The molecule has 0 unspecified atom stereocenters. The van der Waals surface area contributed by atoms with Crippen LogP contribution in [-0.2, 0) is 16.1 Å². The summed E-state index contributed by atoms with van der Waals surface area (Å²) in [5, 5.41) is 7.86. The number of fused-ring (bicyclic) bond motifs is 3. The Morgan fingerprint density at radius 2 is 2.00 bits per heavy atom. The van der Waals surface area contributed by atoms with E-state index in [1.807, 2.05) is 0 Å². The topological polar surface area (TPSA) is 124 Å². The van der Waals surface area contributed by atoms with Gasteiger partial charge in [0, 0.05) is 13.1 Å². The average molecular weight is 453 g/mol. The summed E-state index contributed by atoms with van der Waals surface area (Å²) in [6.07, 6.45) is 3.63. The van der Waals surface area contributed by atoms with Crippen molar-refractivity contribution in [3.05, 3.63) is 46.6 Å². The van der Waals surface area contributed by atoms with Crippen LogP contribution in [0.1, 0.15) is 23.2 Å². The molecule has 11 nitrogen and oxygen atoms in total. The maximum Gasteiger partial charge on any atom is 0.352 e. The Labute approximate surface area is 185 Å². The lowest BCUT2D eigenvalue weighted by Crippen LogP contribution is -2.28. The van der Waals surface area contributed by atoms with Crippen molar-refractivity contribution in [2.75, 3.05) is 30.4 Å². The molecule has 1 amide bonds. The van der Waals surface area contributed by atoms with E-state index in [9.17, 15) is 14.4 Å². The number of nitrogens with one attached hydrogen (secondary N) is 1. The van der Waals surface area contributed by atoms with Crippen LogP contribution >= 0.6 is 11.3 Å². The first-order valence-electron chi connectivity index (χ1n) is 10.0. The number of carbonyl (C=O) groups is 2. The maximum atomic E-state index is 12.8. The second-order valence-electron chi connectivity index (χ2n) is 7.31. The lowest BCUT2D eigenvalue weighted by atomic mass is 10.2. The van der Waals surface area contributed by atoms with Crippen molar-refractivity contribution in [3.63, 3.8) is 0 Å². The summed E-state index contributed by atoms with van der Waals surface area (Å²) in [5.41, 5.74) is 0.962. The molecule has 4 heterocycles. The summed E-state index contributed by atoms with van der Waals surface area (Å²) in [5.74, 6) is -1.07. The highest BCUT2D eigenvalue weighted by Crippen LogP contribution is 2.31. The molecular weight excluding hydrogens is 434 g/mol. The first-order chi connectivity index (χ1) is 15.5. The van der Waals surface area contributed by atoms with Crippen molar-refractivity contribution < 1.29 is 14.3 Å². The van der Waals surface area contributed by atoms with E-state index in [0.29, 0.717) is 21.7 Å². The fourth-order valence-corrected chi connectivity index (χ4v) is 4.72. The summed E-state index contributed by atoms with van der Waals surface area (Å²) in [6.45, 7) is 1.57. The van der Waals surface area contributed by atoms with Crippen LogP contribution in [0.2, 0.25) is 0 Å². The molecule has 0 bridgehead atoms. The van der Waals surface area contributed by atoms with Crippen LogP contribution < -0.4 is 15.9 Å². The third kappa shape index (κ3) is 3.47. The zero-order valence-corrected chi connectivity index (χ0v) is 18.0. The molecule has 0 aliphatic carbocycles. The van der Waals surface area contributed by atoms with Gasteiger partial charge in [0.2, 0.25) is 5.91 Å². The molecule has 164 valence electrons. The van der Waals surface area contributed by atoms with Gasteiger partial charge in [0.1, 0.15) is 17.6 Å². The van der Waals surface area contributed by atoms with Gasteiger partial charge < -0.3 is 15.0 Å². The summed E-state index contributed by atoms with van der Waals surface area (Å²) < 4.78 is 7.82. The number of anilines is 2. The molecule has 1 fully saturated rings. The van der Waals surface area contributed by atoms with Crippen LogP contribution in [0.4, 0.5) is 10.8 Å². The number of methoxy groups -OCH3 is 1. The molecule has 0 atom stereocenters. The Morgan fingerprint density at radius 1 is 1.22 bits per heavy atom. The quantitative estimate of drug-likeness (QED) is 0.451. The van der Waals surface area contributed by atoms with E-state index >= 15 is 0 Å². The third-order valence-corrected chi connectivity index (χ3v) is 6.34. The van der Waals surface area contributed by atoms with E-state index in [-0.39, 0.29) is 12.1 Å². The minimum absolute atomic E-state index is 0.218. The highest BCUT2D eigenvalue weighted by Gasteiger charge is 2.21. The van der Waals surface area contributed by atoms with E-state index in [4.69, 9.17) is 4.74 Å². The summed E-state index contributed by atoms with van der Waals surface area (Å²) in [6, 6.07) is 6.48. The van der Waals surface area contributed by atoms with Gasteiger partial charge in [-0.25, -0.2) is 23.7 Å². The maximum absolute atomic E-state index is 12.8. The first-order valence-corrected chi connectivity index (χ1v) is 10.8. The number of aromatic nitrogens is 5. The number of carbonyl (C=O) groups excluding carboxylic acids is 2. The van der Waals surface area contributed by atoms with Crippen LogP contribution in [0.15, 0.2) is 35.4 Å². The normalized spacial score (nSPS) is 13.7. The highest BCUT2D eigenvalue weighted by atomic mass is 32.1. The van der Waals surface area contributed by atoms with E-state index in [2.05, 4.69) is 25.3 Å². The number of ether oxygens (including phenoxy) is 1. The molecule has 0 radical (unpaired) electrons. The second kappa shape index (κ2) is 8.04. The zero-order valence-electron chi connectivity index (χ0n) is 17.1. The van der Waals surface area contributed by atoms with Gasteiger partial charge in [0.15, 0.2) is 16.4 Å². The van der Waals surface area contributed by atoms with Gasteiger partial charge in [-0.3, -0.25) is 4.79 Å². The molecule has 3 aromatic heterocycles. The molecular formula is C20H19N7O4S. The minimum Gasteiger partial charge on any atom is -0.465 e. The zero-order chi connectivity index (χ0) is 22.2. The Kier molecular flexibility index (Phi) is 5.05. The number of hydrogen-bond acceptors (Lipinski definition) is 9. The smallest absolute Gasteiger partial charge is 0.352 e. The van der Waals surface area contributed by atoms with Crippen molar-refractivity contribution >= 4 is 50.0 Å². The summed E-state index contributed by atoms with van der Waals surface area (Å²) >= 11 is 1.44. The largest absolute Gasteiger partial charge is 0.465 e. The fraction of sp³-hybridized carbons (Fsp3) is 0.300. The Hall–Kier alpha value is -3.80. The Morgan fingerprint density at radius 3 is 2.78 bits per heavy atom. The Bertz CT molecular complexity index is 1400. The molecule has 1 N–H and O–H groups in total. The number of esters is 1. The molecule has 1 aromatic carbocycles. The predicted octanol–water partition coefficient (Wildman–Crippen LogP) is 1.53. The molecule has 12 heteroatoms. The number of nitrogens with zero attached hydrogens (tertiary/aromatic N) is 6. The Balaban J connectivity index is 1.44. The summed E-state index contributed by atoms with van der Waals surface area (Å²) in [7, 11) is 1.26. The number of para-hydroxylation sites is 1. The van der Waals surface area contributed by atoms with Gasteiger partial charge >= 0.3 is 11.7 Å². The van der Waals surface area contributed by atoms with E-state index < -0.39 is 17.6 Å². The molecule has 0 saturated carbocycles. The molecule has 4 aromatic rings. The van der Waals surface area contributed by atoms with Crippen molar-refractivity contribution in [2.45, 2.75) is 19.4 Å². The lowest BCUT2D eigenvalue weighted by molar-refractivity contribution is -0.117. The van der Waals surface area contributed by atoms with Crippen molar-refractivity contribution in [1.29, 1.82) is 0 Å². The van der Waals surface area contributed by atoms with Gasteiger partial charge in [-0.2, -0.15) is 4.98 Å². The van der Waals surface area contributed by atoms with Gasteiger partial charge in [-0.15, -0.1) is 5.10 Å². The van der Waals surface area contributed by atoms with E-state index in [0.717, 1.165) is 35.7 Å². The van der Waals surface area contributed by atoms with Gasteiger partial charge in [-0.05, 0) is 25.0 Å². The average Bonchev–Trinajstić information content (AvgIpc) is 3.53. The summed E-state index contributed by atoms with van der Waals surface area (Å²) in [4.78, 5) is 48.4. The number of rotatable bonds is 5. The fourth-order valence-electron chi connectivity index (χ4n) is 3.68. The lowest BCUT2D eigenvalue weighted by Gasteiger charge is -2.11. The van der Waals surface area contributed by atoms with Crippen molar-refractivity contribution in [1.82, 2.24) is 24.1 Å². The van der Waals surface area contributed by atoms with Gasteiger partial charge in [-0.1, -0.05) is 23.5 Å². The van der Waals surface area contributed by atoms with Crippen LogP contribution in [0, 0.1) is 0 Å². The van der Waals surface area contributed by atoms with Gasteiger partial charge in [0.25, 0.3) is 0 Å². The third-order valence-electron chi connectivity index (χ3n) is 5.24. The molecule has 1 aliphatic rings. The highest BCUT2D eigenvalue weighted by molar-refractivity contribution is 7.22. The number of hydrogen-bond donors (Lipinski definition) is 1. The standard InChI is InChI=1S/C20H19N7O4S/c1-31-18(29)12-6-2-3-7-13(12)22-14(28)10-27-20(30)26-11-21-16-15(17(26)24-27)32-19(23-16)25-8-4-5-9-25/h2-3,6-7,11H,4-5,8-10H2,1H3,(H,22,28). The SMILES string of the molecule is COC(=O)c1ccccc1NC(=O)Cn1nc2c3sc(N4CCCC4)nc3ncn2c1=O. The minimum atomic E-state index is -0.571. The molecule has 32 heavy (non-hydrogen) atoms. The monoisotopic (exact) mass is 453 g/mol. The van der Waals surface area contributed by atoms with Crippen LogP contribution in [0.3, 0.4) is 0 Å². The first kappa shape index (κ1) is 20.1. The molecule has 0 spiro atoms. The number of benzene rings is 1. The molecule has 5 rings (SSSR count). The van der Waals surface area contributed by atoms with Crippen LogP contribution in [-0.4, -0.2) is 56.2 Å². The van der Waals surface area contributed by atoms with Gasteiger partial charge in [0.05, 0.1) is 18.4 Å². The van der Waals surface area contributed by atoms with Crippen molar-refractivity contribution in [2.24, 2.45) is 0 Å². The predicted molar refractivity (Wildman–Crippen MR) is 118 cm³/mol. The second-order valence-corrected chi connectivity index (χ2v) is 8.28. The number of thiazole rings is 1. The van der Waals surface area contributed by atoms with Crippen LogP contribution in [0.5, 0.6) is 0 Å². The number of amides is 1. The molecule has 1 saturated heterocycles.